The molecule has 1 saturated carbocycles. The number of ether oxygens (including phenoxy) is 1. The summed E-state index contributed by atoms with van der Waals surface area (Å²) in [7, 11) is 2.06. The van der Waals surface area contributed by atoms with Gasteiger partial charge in [-0.2, -0.15) is 0 Å². The Hall–Kier alpha value is -0.570. The molecule has 0 unspecified atom stereocenters. The van der Waals surface area contributed by atoms with E-state index < -0.39 is 0 Å². The first-order valence-electron chi connectivity index (χ1n) is 7.05. The summed E-state index contributed by atoms with van der Waals surface area (Å²) < 4.78 is 5.22. The number of carbonyl (C=O) groups excluding carboxylic acids is 1. The maximum atomic E-state index is 11.8. The van der Waals surface area contributed by atoms with Gasteiger partial charge in [0.05, 0.1) is 6.61 Å². The Morgan fingerprint density at radius 1 is 1.29 bits per heavy atom. The zero-order valence-corrected chi connectivity index (χ0v) is 11.6. The maximum Gasteiger partial charge on any atom is 0.323 e. The molecule has 0 aromatic rings. The van der Waals surface area contributed by atoms with E-state index in [2.05, 4.69) is 11.9 Å². The van der Waals surface area contributed by atoms with Crippen LogP contribution in [0.3, 0.4) is 0 Å². The summed E-state index contributed by atoms with van der Waals surface area (Å²) in [5, 5.41) is 0. The van der Waals surface area contributed by atoms with Crippen LogP contribution >= 0.6 is 0 Å². The quantitative estimate of drug-likeness (QED) is 0.547. The standard InChI is InChI=1S/C14H27NO2/c1-4-11-17-14(16)12(2)15(3)13-9-7-5-6-8-10-13/h12-13H,4-11H2,1-3H3/t12-/m0/s1. The van der Waals surface area contributed by atoms with Crippen molar-refractivity contribution in [2.75, 3.05) is 13.7 Å². The molecule has 0 spiro atoms. The van der Waals surface area contributed by atoms with Gasteiger partial charge in [0.15, 0.2) is 0 Å². The third kappa shape index (κ3) is 4.66. The number of rotatable bonds is 5. The average Bonchev–Trinajstić information content (AvgIpc) is 2.62. The predicted octanol–water partition coefficient (Wildman–Crippen LogP) is 2.98. The molecule has 1 rings (SSSR count). The van der Waals surface area contributed by atoms with Crippen molar-refractivity contribution in [2.24, 2.45) is 0 Å². The molecular formula is C14H27NO2. The van der Waals surface area contributed by atoms with Crippen molar-refractivity contribution in [3.8, 4) is 0 Å². The van der Waals surface area contributed by atoms with Gasteiger partial charge in [-0.25, -0.2) is 0 Å². The average molecular weight is 241 g/mol. The Labute approximate surface area is 106 Å². The topological polar surface area (TPSA) is 29.5 Å². The zero-order chi connectivity index (χ0) is 12.7. The highest BCUT2D eigenvalue weighted by Crippen LogP contribution is 2.22. The Bertz CT molecular complexity index is 222. The summed E-state index contributed by atoms with van der Waals surface area (Å²) in [5.41, 5.74) is 0. The van der Waals surface area contributed by atoms with Gasteiger partial charge >= 0.3 is 5.97 Å². The van der Waals surface area contributed by atoms with Crippen LogP contribution in [0.25, 0.3) is 0 Å². The number of carbonyl (C=O) groups is 1. The minimum Gasteiger partial charge on any atom is -0.465 e. The number of esters is 1. The Morgan fingerprint density at radius 2 is 1.88 bits per heavy atom. The van der Waals surface area contributed by atoms with Crippen LogP contribution in [0.15, 0.2) is 0 Å². The van der Waals surface area contributed by atoms with Crippen LogP contribution in [-0.4, -0.2) is 36.6 Å². The van der Waals surface area contributed by atoms with Crippen molar-refractivity contribution in [1.29, 1.82) is 0 Å². The van der Waals surface area contributed by atoms with Crippen LogP contribution in [0, 0.1) is 0 Å². The molecule has 100 valence electrons. The molecule has 3 heteroatoms. The largest absolute Gasteiger partial charge is 0.465 e. The van der Waals surface area contributed by atoms with Crippen molar-refractivity contribution in [2.45, 2.75) is 70.9 Å². The van der Waals surface area contributed by atoms with E-state index in [1.54, 1.807) is 0 Å². The smallest absolute Gasteiger partial charge is 0.323 e. The molecule has 0 N–H and O–H groups in total. The summed E-state index contributed by atoms with van der Waals surface area (Å²) in [6.07, 6.45) is 8.63. The zero-order valence-electron chi connectivity index (χ0n) is 11.6. The van der Waals surface area contributed by atoms with Crippen molar-refractivity contribution in [3.05, 3.63) is 0 Å². The highest BCUT2D eigenvalue weighted by molar-refractivity contribution is 5.75. The van der Waals surface area contributed by atoms with Gasteiger partial charge in [0.25, 0.3) is 0 Å². The van der Waals surface area contributed by atoms with E-state index in [0.29, 0.717) is 12.6 Å². The highest BCUT2D eigenvalue weighted by Gasteiger charge is 2.26. The molecule has 0 saturated heterocycles. The fourth-order valence-corrected chi connectivity index (χ4v) is 2.47. The van der Waals surface area contributed by atoms with Crippen molar-refractivity contribution < 1.29 is 9.53 Å². The summed E-state index contributed by atoms with van der Waals surface area (Å²) >= 11 is 0. The molecule has 17 heavy (non-hydrogen) atoms. The van der Waals surface area contributed by atoms with Crippen LogP contribution in [0.2, 0.25) is 0 Å². The van der Waals surface area contributed by atoms with Gasteiger partial charge in [0.2, 0.25) is 0 Å². The van der Waals surface area contributed by atoms with Gasteiger partial charge < -0.3 is 4.74 Å². The molecule has 1 atom stereocenters. The van der Waals surface area contributed by atoms with Crippen LogP contribution in [-0.2, 0) is 9.53 Å². The SMILES string of the molecule is CCCOC(=O)[C@H](C)N(C)C1CCCCCC1. The summed E-state index contributed by atoms with van der Waals surface area (Å²) in [5.74, 6) is -0.0707. The van der Waals surface area contributed by atoms with E-state index in [1.807, 2.05) is 13.8 Å². The molecule has 1 aliphatic carbocycles. The lowest BCUT2D eigenvalue weighted by Gasteiger charge is -2.31. The molecule has 0 aromatic carbocycles. The molecule has 0 heterocycles. The van der Waals surface area contributed by atoms with E-state index >= 15 is 0 Å². The van der Waals surface area contributed by atoms with Gasteiger partial charge in [0.1, 0.15) is 6.04 Å². The molecular weight excluding hydrogens is 214 g/mol. The van der Waals surface area contributed by atoms with Gasteiger partial charge in [-0.15, -0.1) is 0 Å². The Kier molecular flexibility index (Phi) is 6.56. The third-order valence-electron chi connectivity index (χ3n) is 3.80. The summed E-state index contributed by atoms with van der Waals surface area (Å²) in [4.78, 5) is 14.0. The van der Waals surface area contributed by atoms with E-state index in [9.17, 15) is 4.79 Å². The maximum absolute atomic E-state index is 11.8. The van der Waals surface area contributed by atoms with Crippen LogP contribution in [0.1, 0.15) is 58.8 Å². The van der Waals surface area contributed by atoms with E-state index in [4.69, 9.17) is 4.74 Å². The Balaban J connectivity index is 2.43. The first kappa shape index (κ1) is 14.5. The van der Waals surface area contributed by atoms with Crippen LogP contribution in [0.4, 0.5) is 0 Å². The second-order valence-electron chi connectivity index (χ2n) is 5.15. The lowest BCUT2D eigenvalue weighted by atomic mass is 10.1. The summed E-state index contributed by atoms with van der Waals surface area (Å²) in [6.45, 7) is 4.53. The number of hydrogen-bond acceptors (Lipinski definition) is 3. The molecule has 0 aromatic heterocycles. The van der Waals surface area contributed by atoms with Gasteiger partial charge in [-0.3, -0.25) is 9.69 Å². The highest BCUT2D eigenvalue weighted by atomic mass is 16.5. The van der Waals surface area contributed by atoms with Gasteiger partial charge in [-0.1, -0.05) is 32.6 Å². The third-order valence-corrected chi connectivity index (χ3v) is 3.80. The predicted molar refractivity (Wildman–Crippen MR) is 70.0 cm³/mol. The minimum absolute atomic E-state index is 0.0707. The summed E-state index contributed by atoms with van der Waals surface area (Å²) in [6, 6.07) is 0.450. The van der Waals surface area contributed by atoms with E-state index in [0.717, 1.165) is 6.42 Å². The molecule has 0 aliphatic heterocycles. The van der Waals surface area contributed by atoms with Crippen molar-refractivity contribution in [3.63, 3.8) is 0 Å². The molecule has 1 aliphatic rings. The van der Waals surface area contributed by atoms with E-state index in [-0.39, 0.29) is 12.0 Å². The van der Waals surface area contributed by atoms with Crippen LogP contribution in [0.5, 0.6) is 0 Å². The molecule has 3 nitrogen and oxygen atoms in total. The second kappa shape index (κ2) is 7.70. The van der Waals surface area contributed by atoms with Gasteiger partial charge in [0, 0.05) is 6.04 Å². The normalized spacial score (nSPS) is 20.0. The first-order chi connectivity index (χ1) is 8.16. The van der Waals surface area contributed by atoms with E-state index in [1.165, 1.54) is 38.5 Å². The minimum atomic E-state index is -0.107. The first-order valence-corrected chi connectivity index (χ1v) is 7.05. The lowest BCUT2D eigenvalue weighted by molar-refractivity contribution is -0.149. The molecule has 0 radical (unpaired) electrons. The van der Waals surface area contributed by atoms with Crippen molar-refractivity contribution in [1.82, 2.24) is 4.90 Å². The monoisotopic (exact) mass is 241 g/mol. The fraction of sp³-hybridized carbons (Fsp3) is 0.929. The number of nitrogens with zero attached hydrogens (tertiary/aromatic N) is 1. The Morgan fingerprint density at radius 3 is 2.41 bits per heavy atom. The lowest BCUT2D eigenvalue weighted by Crippen LogP contribution is -2.43. The molecule has 1 fully saturated rings. The molecule has 0 bridgehead atoms. The number of hydrogen-bond donors (Lipinski definition) is 0. The number of likely N-dealkylation sites (N-methyl/N-ethyl adjacent to an activating group) is 1. The van der Waals surface area contributed by atoms with Crippen molar-refractivity contribution >= 4 is 5.97 Å². The van der Waals surface area contributed by atoms with Crippen LogP contribution < -0.4 is 0 Å². The van der Waals surface area contributed by atoms with Gasteiger partial charge in [-0.05, 0) is 33.2 Å². The second-order valence-corrected chi connectivity index (χ2v) is 5.15. The fourth-order valence-electron chi connectivity index (χ4n) is 2.47. The molecule has 0 amide bonds.